The molecular formula is C26H36BNO5Si. The zero-order valence-electron chi connectivity index (χ0n) is 21.4. The molecule has 6 nitrogen and oxygen atoms in total. The Bertz CT molecular complexity index is 1050. The maximum atomic E-state index is 11.5. The summed E-state index contributed by atoms with van der Waals surface area (Å²) in [6.45, 7) is 15.7. The summed E-state index contributed by atoms with van der Waals surface area (Å²) in [6, 6.07) is 10.7. The van der Waals surface area contributed by atoms with E-state index in [0.717, 1.165) is 36.2 Å². The van der Waals surface area contributed by atoms with Crippen molar-refractivity contribution in [1.82, 2.24) is 4.98 Å². The van der Waals surface area contributed by atoms with E-state index in [2.05, 4.69) is 64.5 Å². The van der Waals surface area contributed by atoms with Crippen LogP contribution in [0.25, 0.3) is 0 Å². The number of carbonyl (C=O) groups is 1. The summed E-state index contributed by atoms with van der Waals surface area (Å²) in [6.07, 6.45) is 2.38. The highest BCUT2D eigenvalue weighted by molar-refractivity contribution is 6.76. The van der Waals surface area contributed by atoms with Crippen LogP contribution in [-0.4, -0.2) is 44.3 Å². The van der Waals surface area contributed by atoms with Crippen LogP contribution < -0.4 is 14.9 Å². The van der Waals surface area contributed by atoms with Gasteiger partial charge in [0.15, 0.2) is 6.29 Å². The first-order valence-corrected chi connectivity index (χ1v) is 15.8. The number of hydrogen-bond acceptors (Lipinski definition) is 6. The van der Waals surface area contributed by atoms with Crippen molar-refractivity contribution in [3.05, 3.63) is 47.0 Å². The Hall–Kier alpha value is -2.16. The monoisotopic (exact) mass is 481 g/mol. The average Bonchev–Trinajstić information content (AvgIpc) is 3.24. The molecule has 0 amide bonds. The molecule has 1 aromatic heterocycles. The summed E-state index contributed by atoms with van der Waals surface area (Å²) in [7, 11) is -1.64. The van der Waals surface area contributed by atoms with E-state index in [9.17, 15) is 4.79 Å². The average molecular weight is 481 g/mol. The number of rotatable bonds is 8. The maximum Gasteiger partial charge on any atom is 0.495 e. The molecule has 182 valence electrons. The second kappa shape index (κ2) is 9.13. The van der Waals surface area contributed by atoms with Gasteiger partial charge in [0, 0.05) is 14.1 Å². The zero-order valence-corrected chi connectivity index (χ0v) is 22.4. The van der Waals surface area contributed by atoms with Crippen molar-refractivity contribution >= 4 is 26.9 Å². The van der Waals surface area contributed by atoms with Gasteiger partial charge in [-0.25, -0.2) is 0 Å². The number of benzene rings is 1. The lowest BCUT2D eigenvalue weighted by atomic mass is 9.75. The number of fused-ring (bicyclic) bond motifs is 1. The highest BCUT2D eigenvalue weighted by Crippen LogP contribution is 2.39. The summed E-state index contributed by atoms with van der Waals surface area (Å²) in [4.78, 5) is 16.0. The Kier molecular flexibility index (Phi) is 6.70. The van der Waals surface area contributed by atoms with E-state index in [1.165, 1.54) is 5.56 Å². The van der Waals surface area contributed by atoms with E-state index >= 15 is 0 Å². The molecule has 0 unspecified atom stereocenters. The second-order valence-electron chi connectivity index (χ2n) is 11.5. The Morgan fingerprint density at radius 2 is 1.82 bits per heavy atom. The van der Waals surface area contributed by atoms with Crippen LogP contribution in [0, 0.1) is 0 Å². The number of hydrogen-bond donors (Lipinski definition) is 0. The molecule has 0 radical (unpaired) electrons. The number of carbonyl (C=O) groups excluding carboxylic acids is 1. The first-order chi connectivity index (χ1) is 15.9. The minimum Gasteiger partial charge on any atom is -0.477 e. The number of aromatic nitrogens is 1. The second-order valence-corrected chi connectivity index (χ2v) is 17.1. The molecule has 0 spiro atoms. The summed E-state index contributed by atoms with van der Waals surface area (Å²) in [5.41, 5.74) is 3.10. The fraction of sp³-hybridized carbons (Fsp3) is 0.538. The molecule has 0 saturated carbocycles. The third-order valence-corrected chi connectivity index (χ3v) is 8.81. The van der Waals surface area contributed by atoms with Crippen molar-refractivity contribution in [1.29, 1.82) is 0 Å². The topological polar surface area (TPSA) is 66.9 Å². The number of pyridine rings is 1. The van der Waals surface area contributed by atoms with Crippen LogP contribution in [0.3, 0.4) is 0 Å². The van der Waals surface area contributed by atoms with Crippen molar-refractivity contribution < 1.29 is 23.6 Å². The lowest BCUT2D eigenvalue weighted by Crippen LogP contribution is -2.41. The third kappa shape index (κ3) is 5.09. The first kappa shape index (κ1) is 25.0. The number of aldehydes is 1. The van der Waals surface area contributed by atoms with Gasteiger partial charge in [-0.1, -0.05) is 37.8 Å². The molecule has 8 heteroatoms. The molecule has 1 aliphatic heterocycles. The summed E-state index contributed by atoms with van der Waals surface area (Å²) >= 11 is 0. The van der Waals surface area contributed by atoms with Gasteiger partial charge in [-0.2, -0.15) is 4.98 Å². The van der Waals surface area contributed by atoms with Gasteiger partial charge < -0.3 is 18.8 Å². The molecule has 1 fully saturated rings. The molecule has 1 aliphatic carbocycles. The van der Waals surface area contributed by atoms with Gasteiger partial charge in [-0.05, 0) is 69.2 Å². The van der Waals surface area contributed by atoms with Crippen LogP contribution in [0.4, 0.5) is 0 Å². The van der Waals surface area contributed by atoms with E-state index < -0.39 is 15.2 Å². The summed E-state index contributed by atoms with van der Waals surface area (Å²) < 4.78 is 24.8. The standard InChI is InChI=1S/C26H36BNO5Si/c1-25(2)26(3,4)33-27(32-25)21-10-8-9-20-19(21)12-13-22(20)31-23-14-11-18(17-29)24(28-23)30-15-16-34(5,6)7/h8-11,14,17,22H,12-13,15-16H2,1-7H3/t22-/m0/s1. The van der Waals surface area contributed by atoms with E-state index in [0.29, 0.717) is 23.9 Å². The van der Waals surface area contributed by atoms with Crippen LogP contribution in [0.5, 0.6) is 11.8 Å². The van der Waals surface area contributed by atoms with Gasteiger partial charge in [0.1, 0.15) is 6.10 Å². The molecule has 4 rings (SSSR count). The quantitative estimate of drug-likeness (QED) is 0.392. The van der Waals surface area contributed by atoms with Gasteiger partial charge >= 0.3 is 7.12 Å². The van der Waals surface area contributed by atoms with Crippen LogP contribution in [-0.2, 0) is 15.7 Å². The Morgan fingerprint density at radius 1 is 1.12 bits per heavy atom. The first-order valence-electron chi connectivity index (χ1n) is 12.1. The van der Waals surface area contributed by atoms with Crippen molar-refractivity contribution in [2.24, 2.45) is 0 Å². The van der Waals surface area contributed by atoms with Crippen LogP contribution in [0.2, 0.25) is 25.7 Å². The molecule has 0 N–H and O–H groups in total. The summed E-state index contributed by atoms with van der Waals surface area (Å²) in [5, 5.41) is 0. The lowest BCUT2D eigenvalue weighted by Gasteiger charge is -2.32. The number of ether oxygens (including phenoxy) is 2. The fourth-order valence-electron chi connectivity index (χ4n) is 4.26. The van der Waals surface area contributed by atoms with Crippen LogP contribution in [0.1, 0.15) is 61.7 Å². The largest absolute Gasteiger partial charge is 0.495 e. The van der Waals surface area contributed by atoms with Gasteiger partial charge in [-0.15, -0.1) is 0 Å². The van der Waals surface area contributed by atoms with E-state index in [4.69, 9.17) is 18.8 Å². The van der Waals surface area contributed by atoms with Crippen LogP contribution in [0.15, 0.2) is 30.3 Å². The Morgan fingerprint density at radius 3 is 2.47 bits per heavy atom. The van der Waals surface area contributed by atoms with E-state index in [1.54, 1.807) is 12.1 Å². The predicted molar refractivity (Wildman–Crippen MR) is 137 cm³/mol. The van der Waals surface area contributed by atoms with Crippen molar-refractivity contribution in [3.8, 4) is 11.8 Å². The fourth-order valence-corrected chi connectivity index (χ4v) is 4.98. The normalized spacial score (nSPS) is 20.8. The molecule has 2 aliphatic rings. The molecule has 2 heterocycles. The molecule has 1 aromatic carbocycles. The lowest BCUT2D eigenvalue weighted by molar-refractivity contribution is 0.00578. The van der Waals surface area contributed by atoms with Crippen molar-refractivity contribution in [2.75, 3.05) is 6.61 Å². The van der Waals surface area contributed by atoms with Gasteiger partial charge in [0.2, 0.25) is 11.8 Å². The summed E-state index contributed by atoms with van der Waals surface area (Å²) in [5.74, 6) is 0.808. The van der Waals surface area contributed by atoms with Crippen LogP contribution >= 0.6 is 0 Å². The SMILES string of the molecule is CC1(C)OB(c2cccc3c2CC[C@@H]3Oc2ccc(C=O)c(OCC[Si](C)(C)C)n2)OC1(C)C. The van der Waals surface area contributed by atoms with Crippen molar-refractivity contribution in [3.63, 3.8) is 0 Å². The Balaban J connectivity index is 1.52. The highest BCUT2D eigenvalue weighted by Gasteiger charge is 2.52. The molecule has 2 aromatic rings. The molecule has 0 bridgehead atoms. The minimum atomic E-state index is -1.25. The maximum absolute atomic E-state index is 11.5. The van der Waals surface area contributed by atoms with Gasteiger partial charge in [0.25, 0.3) is 0 Å². The zero-order chi connectivity index (χ0) is 24.7. The Labute approximate surface area is 204 Å². The molecule has 34 heavy (non-hydrogen) atoms. The third-order valence-electron chi connectivity index (χ3n) is 7.10. The predicted octanol–water partition coefficient (Wildman–Crippen LogP) is 4.98. The van der Waals surface area contributed by atoms with Crippen molar-refractivity contribution in [2.45, 2.75) is 83.5 Å². The molecular weight excluding hydrogens is 445 g/mol. The smallest absolute Gasteiger partial charge is 0.477 e. The van der Waals surface area contributed by atoms with E-state index in [1.807, 2.05) is 6.07 Å². The van der Waals surface area contributed by atoms with Gasteiger partial charge in [-0.3, -0.25) is 4.79 Å². The van der Waals surface area contributed by atoms with Gasteiger partial charge in [0.05, 0.1) is 23.4 Å². The molecule has 1 atom stereocenters. The molecule has 1 saturated heterocycles. The highest BCUT2D eigenvalue weighted by atomic mass is 28.3. The number of nitrogens with zero attached hydrogens (tertiary/aromatic N) is 1. The minimum absolute atomic E-state index is 0.123. The van der Waals surface area contributed by atoms with E-state index in [-0.39, 0.29) is 17.3 Å².